The van der Waals surface area contributed by atoms with Crippen LogP contribution in [-0.2, 0) is 4.79 Å². The molecule has 3 N–H and O–H groups in total. The van der Waals surface area contributed by atoms with Gasteiger partial charge >= 0.3 is 0 Å². The van der Waals surface area contributed by atoms with Crippen molar-refractivity contribution in [3.63, 3.8) is 0 Å². The minimum Gasteiger partial charge on any atom is -0.467 e. The molecule has 2 atom stereocenters. The summed E-state index contributed by atoms with van der Waals surface area (Å²) in [7, 11) is 0. The van der Waals surface area contributed by atoms with Crippen LogP contribution in [0, 0.1) is 0 Å². The Morgan fingerprint density at radius 2 is 2.43 bits per heavy atom. The lowest BCUT2D eigenvalue weighted by atomic mass is 10.2. The van der Waals surface area contributed by atoms with Crippen LogP contribution in [-0.4, -0.2) is 11.9 Å². The molecule has 0 bridgehead atoms. The van der Waals surface area contributed by atoms with Gasteiger partial charge in [-0.15, -0.1) is 0 Å². The fraction of sp³-hybridized carbons (Fsp3) is 0.500. The maximum absolute atomic E-state index is 11.4. The van der Waals surface area contributed by atoms with Crippen LogP contribution < -0.4 is 11.1 Å². The van der Waals surface area contributed by atoms with Gasteiger partial charge in [0.2, 0.25) is 5.91 Å². The van der Waals surface area contributed by atoms with Crippen LogP contribution in [0.1, 0.15) is 32.1 Å². The highest BCUT2D eigenvalue weighted by atomic mass is 16.3. The van der Waals surface area contributed by atoms with Crippen LogP contribution in [0.3, 0.4) is 0 Å². The molecule has 0 aliphatic heterocycles. The molecule has 4 nitrogen and oxygen atoms in total. The molecule has 1 aromatic heterocycles. The first-order valence-corrected chi connectivity index (χ1v) is 4.74. The van der Waals surface area contributed by atoms with E-state index < -0.39 is 6.04 Å². The number of carbonyl (C=O) groups is 1. The van der Waals surface area contributed by atoms with Gasteiger partial charge in [-0.3, -0.25) is 4.79 Å². The number of furan rings is 1. The first-order valence-electron chi connectivity index (χ1n) is 4.74. The second-order valence-electron chi connectivity index (χ2n) is 3.26. The highest BCUT2D eigenvalue weighted by molar-refractivity contribution is 5.81. The second kappa shape index (κ2) is 4.81. The third kappa shape index (κ3) is 2.60. The summed E-state index contributed by atoms with van der Waals surface area (Å²) in [4.78, 5) is 11.4. The van der Waals surface area contributed by atoms with E-state index in [1.807, 2.05) is 19.9 Å². The summed E-state index contributed by atoms with van der Waals surface area (Å²) in [5, 5.41) is 2.78. The van der Waals surface area contributed by atoms with Gasteiger partial charge in [0.15, 0.2) is 0 Å². The predicted molar refractivity (Wildman–Crippen MR) is 53.5 cm³/mol. The summed E-state index contributed by atoms with van der Waals surface area (Å²) < 4.78 is 5.15. The monoisotopic (exact) mass is 196 g/mol. The van der Waals surface area contributed by atoms with E-state index in [0.29, 0.717) is 6.42 Å². The van der Waals surface area contributed by atoms with Gasteiger partial charge in [0.1, 0.15) is 5.76 Å². The number of carbonyl (C=O) groups excluding carboxylic acids is 1. The molecule has 1 heterocycles. The smallest absolute Gasteiger partial charge is 0.237 e. The number of rotatable bonds is 4. The molecule has 1 aromatic rings. The Hall–Kier alpha value is -1.29. The van der Waals surface area contributed by atoms with Gasteiger partial charge in [0.05, 0.1) is 18.3 Å². The molecule has 0 radical (unpaired) electrons. The van der Waals surface area contributed by atoms with Crippen LogP contribution in [0.5, 0.6) is 0 Å². The zero-order valence-electron chi connectivity index (χ0n) is 8.49. The summed E-state index contributed by atoms with van der Waals surface area (Å²) in [6.45, 7) is 3.74. The Morgan fingerprint density at radius 3 is 2.93 bits per heavy atom. The van der Waals surface area contributed by atoms with Crippen molar-refractivity contribution in [2.75, 3.05) is 0 Å². The van der Waals surface area contributed by atoms with Crippen molar-refractivity contribution in [1.82, 2.24) is 5.32 Å². The third-order valence-corrected chi connectivity index (χ3v) is 2.11. The van der Waals surface area contributed by atoms with Crippen LogP contribution >= 0.6 is 0 Å². The number of nitrogens with two attached hydrogens (primary N) is 1. The lowest BCUT2D eigenvalue weighted by Gasteiger charge is -2.14. The van der Waals surface area contributed by atoms with E-state index in [1.54, 1.807) is 12.3 Å². The molecule has 0 saturated carbocycles. The molecule has 78 valence electrons. The largest absolute Gasteiger partial charge is 0.467 e. The normalized spacial score (nSPS) is 14.8. The quantitative estimate of drug-likeness (QED) is 0.760. The van der Waals surface area contributed by atoms with Gasteiger partial charge in [0.25, 0.3) is 0 Å². The van der Waals surface area contributed by atoms with Gasteiger partial charge < -0.3 is 15.5 Å². The lowest BCUT2D eigenvalue weighted by Crippen LogP contribution is -2.41. The van der Waals surface area contributed by atoms with Crippen molar-refractivity contribution in [3.8, 4) is 0 Å². The Labute approximate surface area is 83.5 Å². The second-order valence-corrected chi connectivity index (χ2v) is 3.26. The van der Waals surface area contributed by atoms with E-state index in [9.17, 15) is 4.79 Å². The zero-order chi connectivity index (χ0) is 10.6. The van der Waals surface area contributed by atoms with Crippen molar-refractivity contribution >= 4 is 5.91 Å². The molecule has 1 rings (SSSR count). The van der Waals surface area contributed by atoms with E-state index in [1.165, 1.54) is 0 Å². The van der Waals surface area contributed by atoms with E-state index in [4.69, 9.17) is 10.2 Å². The maximum Gasteiger partial charge on any atom is 0.237 e. The minimum absolute atomic E-state index is 0.130. The van der Waals surface area contributed by atoms with Crippen LogP contribution in [0.2, 0.25) is 0 Å². The lowest BCUT2D eigenvalue weighted by molar-refractivity contribution is -0.123. The van der Waals surface area contributed by atoms with Gasteiger partial charge in [-0.1, -0.05) is 6.92 Å². The topological polar surface area (TPSA) is 68.3 Å². The summed E-state index contributed by atoms with van der Waals surface area (Å²) in [6.07, 6.45) is 2.22. The van der Waals surface area contributed by atoms with Crippen molar-refractivity contribution in [3.05, 3.63) is 24.2 Å². The molecule has 1 amide bonds. The summed E-state index contributed by atoms with van der Waals surface area (Å²) in [5.41, 5.74) is 5.58. The first-order chi connectivity index (χ1) is 6.65. The highest BCUT2D eigenvalue weighted by Crippen LogP contribution is 2.12. The number of hydrogen-bond acceptors (Lipinski definition) is 3. The molecule has 0 aliphatic rings. The average Bonchev–Trinajstić information content (AvgIpc) is 2.69. The Bertz CT molecular complexity index is 282. The number of amides is 1. The molecule has 0 saturated heterocycles. The highest BCUT2D eigenvalue weighted by Gasteiger charge is 2.15. The Balaban J connectivity index is 2.49. The fourth-order valence-corrected chi connectivity index (χ4v) is 1.11. The van der Waals surface area contributed by atoms with Crippen molar-refractivity contribution in [2.24, 2.45) is 5.73 Å². The van der Waals surface area contributed by atoms with E-state index in [2.05, 4.69) is 5.32 Å². The molecular weight excluding hydrogens is 180 g/mol. The van der Waals surface area contributed by atoms with Crippen molar-refractivity contribution in [1.29, 1.82) is 0 Å². The summed E-state index contributed by atoms with van der Waals surface area (Å²) >= 11 is 0. The maximum atomic E-state index is 11.4. The number of hydrogen-bond donors (Lipinski definition) is 2. The summed E-state index contributed by atoms with van der Waals surface area (Å²) in [5.74, 6) is 0.595. The van der Waals surface area contributed by atoms with Crippen LogP contribution in [0.4, 0.5) is 0 Å². The SMILES string of the molecule is CCC(N)C(=O)NC(C)c1ccco1. The molecule has 2 unspecified atom stereocenters. The molecule has 0 spiro atoms. The predicted octanol–water partition coefficient (Wildman–Crippen LogP) is 1.19. The molecule has 4 heteroatoms. The standard InChI is InChI=1S/C10H16N2O2/c1-3-8(11)10(13)12-7(2)9-5-4-6-14-9/h4-8H,3,11H2,1-2H3,(H,12,13). The van der Waals surface area contributed by atoms with Crippen molar-refractivity contribution in [2.45, 2.75) is 32.4 Å². The van der Waals surface area contributed by atoms with E-state index in [0.717, 1.165) is 5.76 Å². The Kier molecular flexibility index (Phi) is 3.71. The molecule has 0 aliphatic carbocycles. The van der Waals surface area contributed by atoms with Gasteiger partial charge in [-0.25, -0.2) is 0 Å². The van der Waals surface area contributed by atoms with Gasteiger partial charge in [-0.05, 0) is 25.5 Å². The Morgan fingerprint density at radius 1 is 1.71 bits per heavy atom. The van der Waals surface area contributed by atoms with Crippen LogP contribution in [0.25, 0.3) is 0 Å². The van der Waals surface area contributed by atoms with Crippen molar-refractivity contribution < 1.29 is 9.21 Å². The molecule has 0 fully saturated rings. The van der Waals surface area contributed by atoms with Crippen LogP contribution in [0.15, 0.2) is 22.8 Å². The third-order valence-electron chi connectivity index (χ3n) is 2.11. The zero-order valence-corrected chi connectivity index (χ0v) is 8.49. The number of nitrogens with one attached hydrogen (secondary N) is 1. The average molecular weight is 196 g/mol. The first kappa shape index (κ1) is 10.8. The van der Waals surface area contributed by atoms with Gasteiger partial charge in [-0.2, -0.15) is 0 Å². The molecular formula is C10H16N2O2. The summed E-state index contributed by atoms with van der Waals surface area (Å²) in [6, 6.07) is 3.04. The molecule has 0 aromatic carbocycles. The molecule has 14 heavy (non-hydrogen) atoms. The fourth-order valence-electron chi connectivity index (χ4n) is 1.11. The van der Waals surface area contributed by atoms with E-state index in [-0.39, 0.29) is 11.9 Å². The minimum atomic E-state index is -0.438. The van der Waals surface area contributed by atoms with E-state index >= 15 is 0 Å². The van der Waals surface area contributed by atoms with Gasteiger partial charge in [0, 0.05) is 0 Å².